The van der Waals surface area contributed by atoms with Gasteiger partial charge in [-0.15, -0.1) is 0 Å². The highest BCUT2D eigenvalue weighted by molar-refractivity contribution is 7.88. The van der Waals surface area contributed by atoms with Gasteiger partial charge in [-0.25, -0.2) is 4.79 Å². The largest absolute Gasteiger partial charge is 0.534 e. The zero-order chi connectivity index (χ0) is 15.6. The molecule has 1 aromatic rings. The topological polar surface area (TPSA) is 69.7 Å². The van der Waals surface area contributed by atoms with E-state index in [0.29, 0.717) is 0 Å². The lowest BCUT2D eigenvalue weighted by Crippen LogP contribution is -2.28. The summed E-state index contributed by atoms with van der Waals surface area (Å²) in [4.78, 5) is 11.3. The van der Waals surface area contributed by atoms with Crippen molar-refractivity contribution in [3.63, 3.8) is 0 Å². The maximum atomic E-state index is 12.1. The lowest BCUT2D eigenvalue weighted by molar-refractivity contribution is -0.0500. The van der Waals surface area contributed by atoms with Crippen molar-refractivity contribution in [3.05, 3.63) is 28.8 Å². The molecule has 20 heavy (non-hydrogen) atoms. The van der Waals surface area contributed by atoms with Gasteiger partial charge >= 0.3 is 21.6 Å². The fraction of sp³-hybridized carbons (Fsp3) is 0.300. The van der Waals surface area contributed by atoms with Crippen molar-refractivity contribution in [2.75, 3.05) is 6.61 Å². The highest BCUT2D eigenvalue weighted by Gasteiger charge is 2.48. The Morgan fingerprint density at radius 2 is 1.95 bits per heavy atom. The van der Waals surface area contributed by atoms with E-state index in [9.17, 15) is 26.4 Å². The van der Waals surface area contributed by atoms with E-state index in [1.807, 2.05) is 0 Å². The van der Waals surface area contributed by atoms with Crippen LogP contribution in [0.1, 0.15) is 17.3 Å². The fourth-order valence-corrected chi connectivity index (χ4v) is 1.82. The zero-order valence-electron chi connectivity index (χ0n) is 9.90. The van der Waals surface area contributed by atoms with Crippen molar-refractivity contribution < 1.29 is 35.3 Å². The molecule has 0 atom stereocenters. The Hall–Kier alpha value is -1.48. The number of carbonyl (C=O) groups excluding carboxylic acids is 1. The standard InChI is InChI=1S/C10H8ClF3O5S/c1-2-18-9(15)6-3-4-8(7(11)5-6)19-20(16,17)10(12,13)14/h3-5H,2H2,1H3. The summed E-state index contributed by atoms with van der Waals surface area (Å²) in [6.45, 7) is 1.66. The van der Waals surface area contributed by atoms with Crippen LogP contribution in [0.15, 0.2) is 18.2 Å². The second-order valence-electron chi connectivity index (χ2n) is 3.35. The first-order valence-corrected chi connectivity index (χ1v) is 6.84. The first-order chi connectivity index (χ1) is 9.08. The maximum absolute atomic E-state index is 12.1. The molecule has 0 amide bonds. The fourth-order valence-electron chi connectivity index (χ4n) is 1.08. The second kappa shape index (κ2) is 5.88. The Morgan fingerprint density at radius 3 is 2.40 bits per heavy atom. The van der Waals surface area contributed by atoms with E-state index < -0.39 is 32.4 Å². The average Bonchev–Trinajstić information content (AvgIpc) is 2.30. The lowest BCUT2D eigenvalue weighted by Gasteiger charge is -2.11. The Kier molecular flexibility index (Phi) is 4.87. The van der Waals surface area contributed by atoms with Crippen LogP contribution in [0.2, 0.25) is 5.02 Å². The molecule has 0 aliphatic rings. The van der Waals surface area contributed by atoms with Crippen molar-refractivity contribution in [3.8, 4) is 5.75 Å². The van der Waals surface area contributed by atoms with Crippen LogP contribution in [-0.4, -0.2) is 26.5 Å². The van der Waals surface area contributed by atoms with Gasteiger partial charge < -0.3 is 8.92 Å². The highest BCUT2D eigenvalue weighted by atomic mass is 35.5. The minimum absolute atomic E-state index is 0.0476. The highest BCUT2D eigenvalue weighted by Crippen LogP contribution is 2.32. The molecule has 0 radical (unpaired) electrons. The van der Waals surface area contributed by atoms with E-state index in [1.165, 1.54) is 0 Å². The van der Waals surface area contributed by atoms with Gasteiger partial charge in [0.15, 0.2) is 5.75 Å². The Balaban J connectivity index is 3.04. The van der Waals surface area contributed by atoms with Gasteiger partial charge in [0.2, 0.25) is 0 Å². The van der Waals surface area contributed by atoms with Gasteiger partial charge in [0, 0.05) is 0 Å². The number of rotatable bonds is 4. The van der Waals surface area contributed by atoms with Crippen LogP contribution in [0.4, 0.5) is 13.2 Å². The molecule has 0 heterocycles. The molecular formula is C10H8ClF3O5S. The minimum Gasteiger partial charge on any atom is -0.462 e. The minimum atomic E-state index is -5.82. The number of carbonyl (C=O) groups is 1. The summed E-state index contributed by atoms with van der Waals surface area (Å²) in [5.74, 6) is -1.49. The third kappa shape index (κ3) is 3.76. The maximum Gasteiger partial charge on any atom is 0.534 e. The van der Waals surface area contributed by atoms with Crippen LogP contribution >= 0.6 is 11.6 Å². The number of halogens is 4. The molecule has 0 unspecified atom stereocenters. The van der Waals surface area contributed by atoms with Crippen molar-refractivity contribution >= 4 is 27.7 Å². The molecule has 0 saturated carbocycles. The van der Waals surface area contributed by atoms with E-state index in [4.69, 9.17) is 11.6 Å². The van der Waals surface area contributed by atoms with Crippen molar-refractivity contribution in [1.29, 1.82) is 0 Å². The molecule has 1 rings (SSSR count). The zero-order valence-corrected chi connectivity index (χ0v) is 11.5. The van der Waals surface area contributed by atoms with Crippen molar-refractivity contribution in [1.82, 2.24) is 0 Å². The van der Waals surface area contributed by atoms with Crippen molar-refractivity contribution in [2.24, 2.45) is 0 Å². The van der Waals surface area contributed by atoms with E-state index >= 15 is 0 Å². The molecule has 10 heteroatoms. The Bertz CT molecular complexity index is 612. The van der Waals surface area contributed by atoms with E-state index in [2.05, 4.69) is 8.92 Å². The molecule has 0 aliphatic heterocycles. The number of benzene rings is 1. The normalized spacial score (nSPS) is 12.1. The first kappa shape index (κ1) is 16.6. The Labute approximate surface area is 117 Å². The van der Waals surface area contributed by atoms with Gasteiger partial charge in [-0.3, -0.25) is 0 Å². The van der Waals surface area contributed by atoms with E-state index in [1.54, 1.807) is 6.92 Å². The molecule has 0 N–H and O–H groups in total. The molecule has 0 fully saturated rings. The van der Waals surface area contributed by atoms with E-state index in [0.717, 1.165) is 18.2 Å². The van der Waals surface area contributed by atoms with Crippen LogP contribution in [0.25, 0.3) is 0 Å². The number of esters is 1. The summed E-state index contributed by atoms with van der Waals surface area (Å²) in [7, 11) is -5.82. The molecule has 0 aliphatic carbocycles. The predicted octanol–water partition coefficient (Wildman–Crippen LogP) is 2.75. The predicted molar refractivity (Wildman–Crippen MR) is 63.0 cm³/mol. The van der Waals surface area contributed by atoms with Crippen LogP contribution in [-0.2, 0) is 14.9 Å². The molecule has 1 aromatic carbocycles. The molecule has 0 saturated heterocycles. The number of hydrogen-bond acceptors (Lipinski definition) is 5. The summed E-state index contributed by atoms with van der Waals surface area (Å²) in [5.41, 5.74) is -5.62. The summed E-state index contributed by atoms with van der Waals surface area (Å²) >= 11 is 5.57. The van der Waals surface area contributed by atoms with Gasteiger partial charge in [-0.2, -0.15) is 21.6 Å². The first-order valence-electron chi connectivity index (χ1n) is 5.06. The molecule has 0 spiro atoms. The average molecular weight is 333 g/mol. The lowest BCUT2D eigenvalue weighted by atomic mass is 10.2. The number of hydrogen-bond donors (Lipinski definition) is 0. The molecule has 0 aromatic heterocycles. The Morgan fingerprint density at radius 1 is 1.35 bits per heavy atom. The summed E-state index contributed by atoms with van der Waals surface area (Å²) in [6.07, 6.45) is 0. The third-order valence-electron chi connectivity index (χ3n) is 1.93. The monoisotopic (exact) mass is 332 g/mol. The van der Waals surface area contributed by atoms with Gasteiger partial charge in [0.25, 0.3) is 0 Å². The number of ether oxygens (including phenoxy) is 1. The summed E-state index contributed by atoms with van der Waals surface area (Å²) < 4.78 is 66.5. The van der Waals surface area contributed by atoms with Gasteiger partial charge in [-0.05, 0) is 25.1 Å². The summed E-state index contributed by atoms with van der Waals surface area (Å²) in [5, 5.41) is -0.469. The SMILES string of the molecule is CCOC(=O)c1ccc(OS(=O)(=O)C(F)(F)F)c(Cl)c1. The summed E-state index contributed by atoms with van der Waals surface area (Å²) in [6, 6.07) is 2.81. The second-order valence-corrected chi connectivity index (χ2v) is 5.29. The van der Waals surface area contributed by atoms with Gasteiger partial charge in [0.1, 0.15) is 0 Å². The third-order valence-corrected chi connectivity index (χ3v) is 3.19. The molecular weight excluding hydrogens is 325 g/mol. The molecule has 0 bridgehead atoms. The van der Waals surface area contributed by atoms with E-state index in [-0.39, 0.29) is 12.2 Å². The smallest absolute Gasteiger partial charge is 0.462 e. The number of alkyl halides is 3. The van der Waals surface area contributed by atoms with Crippen LogP contribution in [0, 0.1) is 0 Å². The van der Waals surface area contributed by atoms with Crippen LogP contribution < -0.4 is 4.18 Å². The van der Waals surface area contributed by atoms with Gasteiger partial charge in [-0.1, -0.05) is 11.6 Å². The van der Waals surface area contributed by atoms with Crippen molar-refractivity contribution in [2.45, 2.75) is 12.4 Å². The molecule has 112 valence electrons. The van der Waals surface area contributed by atoms with Crippen LogP contribution in [0.3, 0.4) is 0 Å². The van der Waals surface area contributed by atoms with Gasteiger partial charge in [0.05, 0.1) is 17.2 Å². The van der Waals surface area contributed by atoms with Crippen LogP contribution in [0.5, 0.6) is 5.75 Å². The quantitative estimate of drug-likeness (QED) is 0.482. The molecule has 5 nitrogen and oxygen atoms in total.